The third kappa shape index (κ3) is 2.89. The maximum Gasteiger partial charge on any atom is 0.118 e. The zero-order valence-electron chi connectivity index (χ0n) is 7.37. The van der Waals surface area contributed by atoms with E-state index in [4.69, 9.17) is 10.8 Å². The molecule has 0 aliphatic carbocycles. The van der Waals surface area contributed by atoms with Crippen LogP contribution in [0.4, 0.5) is 0 Å². The van der Waals surface area contributed by atoms with Crippen LogP contribution in [0.1, 0.15) is 24.5 Å². The SMILES string of the molecule is CC(C)(N)Cc1csc(CO)n1. The Kier molecular flexibility index (Phi) is 2.82. The van der Waals surface area contributed by atoms with Crippen molar-refractivity contribution in [2.75, 3.05) is 0 Å². The number of rotatable bonds is 3. The van der Waals surface area contributed by atoms with Crippen LogP contribution >= 0.6 is 11.3 Å². The number of nitrogens with zero attached hydrogens (tertiary/aromatic N) is 1. The first kappa shape index (κ1) is 9.64. The summed E-state index contributed by atoms with van der Waals surface area (Å²) in [5.41, 5.74) is 6.57. The van der Waals surface area contributed by atoms with E-state index in [2.05, 4.69) is 4.98 Å². The Labute approximate surface area is 76.3 Å². The van der Waals surface area contributed by atoms with Crippen molar-refractivity contribution in [3.8, 4) is 0 Å². The summed E-state index contributed by atoms with van der Waals surface area (Å²) in [5, 5.41) is 11.5. The molecule has 0 saturated heterocycles. The lowest BCUT2D eigenvalue weighted by Crippen LogP contribution is -2.34. The van der Waals surface area contributed by atoms with Gasteiger partial charge in [0, 0.05) is 17.3 Å². The summed E-state index contributed by atoms with van der Waals surface area (Å²) >= 11 is 1.47. The highest BCUT2D eigenvalue weighted by Crippen LogP contribution is 2.14. The van der Waals surface area contributed by atoms with Gasteiger partial charge in [0.25, 0.3) is 0 Å². The summed E-state index contributed by atoms with van der Waals surface area (Å²) in [6.45, 7) is 3.95. The van der Waals surface area contributed by atoms with Crippen LogP contribution in [0.15, 0.2) is 5.38 Å². The van der Waals surface area contributed by atoms with E-state index in [0.717, 1.165) is 17.1 Å². The number of nitrogens with two attached hydrogens (primary N) is 1. The van der Waals surface area contributed by atoms with Gasteiger partial charge in [-0.1, -0.05) is 0 Å². The standard InChI is InChI=1S/C8H14N2OS/c1-8(2,9)3-6-5-12-7(4-11)10-6/h5,11H,3-4,9H2,1-2H3. The van der Waals surface area contributed by atoms with E-state index in [0.29, 0.717) is 0 Å². The zero-order chi connectivity index (χ0) is 9.19. The second-order valence-corrected chi connectivity index (χ2v) is 4.50. The molecule has 0 unspecified atom stereocenters. The van der Waals surface area contributed by atoms with Crippen LogP contribution in [0.25, 0.3) is 0 Å². The van der Waals surface area contributed by atoms with Crippen LogP contribution in [0.5, 0.6) is 0 Å². The lowest BCUT2D eigenvalue weighted by molar-refractivity contribution is 0.281. The van der Waals surface area contributed by atoms with Gasteiger partial charge < -0.3 is 10.8 Å². The molecule has 12 heavy (non-hydrogen) atoms. The maximum absolute atomic E-state index is 8.77. The van der Waals surface area contributed by atoms with Gasteiger partial charge in [-0.2, -0.15) is 0 Å². The van der Waals surface area contributed by atoms with Crippen LogP contribution in [0, 0.1) is 0 Å². The smallest absolute Gasteiger partial charge is 0.118 e. The topological polar surface area (TPSA) is 59.1 Å². The molecule has 0 radical (unpaired) electrons. The average molecular weight is 186 g/mol. The van der Waals surface area contributed by atoms with Crippen molar-refractivity contribution in [1.82, 2.24) is 4.98 Å². The van der Waals surface area contributed by atoms with Crippen molar-refractivity contribution in [1.29, 1.82) is 0 Å². The van der Waals surface area contributed by atoms with Gasteiger partial charge in [0.2, 0.25) is 0 Å². The Balaban J connectivity index is 2.64. The molecule has 0 bridgehead atoms. The largest absolute Gasteiger partial charge is 0.389 e. The van der Waals surface area contributed by atoms with E-state index in [1.165, 1.54) is 11.3 Å². The molecular formula is C8H14N2OS. The first-order chi connectivity index (χ1) is 5.51. The van der Waals surface area contributed by atoms with E-state index in [-0.39, 0.29) is 12.1 Å². The predicted molar refractivity (Wildman–Crippen MR) is 50.0 cm³/mol. The third-order valence-corrected chi connectivity index (χ3v) is 2.25. The summed E-state index contributed by atoms with van der Waals surface area (Å²) in [6, 6.07) is 0. The van der Waals surface area contributed by atoms with Gasteiger partial charge in [0.05, 0.1) is 12.3 Å². The minimum absolute atomic E-state index is 0.0235. The van der Waals surface area contributed by atoms with E-state index < -0.39 is 0 Å². The minimum Gasteiger partial charge on any atom is -0.389 e. The monoisotopic (exact) mass is 186 g/mol. The average Bonchev–Trinajstić information content (AvgIpc) is 2.32. The van der Waals surface area contributed by atoms with Crippen molar-refractivity contribution >= 4 is 11.3 Å². The molecule has 0 atom stereocenters. The van der Waals surface area contributed by atoms with Gasteiger partial charge in [-0.05, 0) is 13.8 Å². The van der Waals surface area contributed by atoms with Crippen molar-refractivity contribution in [2.24, 2.45) is 5.73 Å². The summed E-state index contributed by atoms with van der Waals surface area (Å²) in [4.78, 5) is 4.20. The molecule has 3 N–H and O–H groups in total. The van der Waals surface area contributed by atoms with E-state index in [1.807, 2.05) is 19.2 Å². The number of aliphatic hydroxyl groups is 1. The molecule has 1 rings (SSSR count). The molecule has 0 amide bonds. The summed E-state index contributed by atoms with van der Waals surface area (Å²) < 4.78 is 0. The summed E-state index contributed by atoms with van der Waals surface area (Å²) in [7, 11) is 0. The number of aromatic nitrogens is 1. The third-order valence-electron chi connectivity index (χ3n) is 1.37. The van der Waals surface area contributed by atoms with Gasteiger partial charge in [0.1, 0.15) is 5.01 Å². The maximum atomic E-state index is 8.77. The fourth-order valence-corrected chi connectivity index (χ4v) is 1.62. The van der Waals surface area contributed by atoms with Gasteiger partial charge in [-0.3, -0.25) is 0 Å². The normalized spacial score (nSPS) is 12.0. The first-order valence-corrected chi connectivity index (χ1v) is 4.72. The number of hydrogen-bond acceptors (Lipinski definition) is 4. The van der Waals surface area contributed by atoms with Crippen LogP contribution < -0.4 is 5.73 Å². The zero-order valence-corrected chi connectivity index (χ0v) is 8.19. The predicted octanol–water partition coefficient (Wildman–Crippen LogP) is 0.915. The second-order valence-electron chi connectivity index (χ2n) is 3.56. The number of thiazole rings is 1. The van der Waals surface area contributed by atoms with Gasteiger partial charge in [0.15, 0.2) is 0 Å². The molecule has 0 aromatic carbocycles. The van der Waals surface area contributed by atoms with Crippen LogP contribution in [-0.2, 0) is 13.0 Å². The molecule has 68 valence electrons. The van der Waals surface area contributed by atoms with Gasteiger partial charge >= 0.3 is 0 Å². The molecule has 4 heteroatoms. The Morgan fingerprint density at radius 3 is 2.75 bits per heavy atom. The first-order valence-electron chi connectivity index (χ1n) is 3.84. The molecule has 3 nitrogen and oxygen atoms in total. The molecule has 1 aromatic rings. The van der Waals surface area contributed by atoms with Crippen LogP contribution in [-0.4, -0.2) is 15.6 Å². The molecule has 0 spiro atoms. The lowest BCUT2D eigenvalue weighted by Gasteiger charge is -2.15. The van der Waals surface area contributed by atoms with Crippen molar-refractivity contribution in [3.05, 3.63) is 16.1 Å². The highest BCUT2D eigenvalue weighted by atomic mass is 32.1. The van der Waals surface area contributed by atoms with Gasteiger partial charge in [-0.15, -0.1) is 11.3 Å². The van der Waals surface area contributed by atoms with Gasteiger partial charge in [-0.25, -0.2) is 4.98 Å². The van der Waals surface area contributed by atoms with E-state index in [9.17, 15) is 0 Å². The number of hydrogen-bond donors (Lipinski definition) is 2. The van der Waals surface area contributed by atoms with Crippen LogP contribution in [0.2, 0.25) is 0 Å². The molecule has 0 saturated carbocycles. The second kappa shape index (κ2) is 3.51. The van der Waals surface area contributed by atoms with Crippen molar-refractivity contribution in [3.63, 3.8) is 0 Å². The molecular weight excluding hydrogens is 172 g/mol. The summed E-state index contributed by atoms with van der Waals surface area (Å²) in [6.07, 6.45) is 0.753. The summed E-state index contributed by atoms with van der Waals surface area (Å²) in [5.74, 6) is 0. The fourth-order valence-electron chi connectivity index (χ4n) is 0.970. The molecule has 0 aliphatic rings. The van der Waals surface area contributed by atoms with E-state index in [1.54, 1.807) is 0 Å². The number of aliphatic hydroxyl groups excluding tert-OH is 1. The Morgan fingerprint density at radius 2 is 2.33 bits per heavy atom. The minimum atomic E-state index is -0.221. The Morgan fingerprint density at radius 1 is 1.67 bits per heavy atom. The molecule has 0 aliphatic heterocycles. The fraction of sp³-hybridized carbons (Fsp3) is 0.625. The molecule has 1 aromatic heterocycles. The Bertz CT molecular complexity index is 252. The van der Waals surface area contributed by atoms with Crippen molar-refractivity contribution < 1.29 is 5.11 Å². The highest BCUT2D eigenvalue weighted by molar-refractivity contribution is 7.09. The van der Waals surface area contributed by atoms with Crippen LogP contribution in [0.3, 0.4) is 0 Å². The van der Waals surface area contributed by atoms with E-state index >= 15 is 0 Å². The lowest BCUT2D eigenvalue weighted by atomic mass is 10.0. The van der Waals surface area contributed by atoms with Crippen molar-refractivity contribution in [2.45, 2.75) is 32.4 Å². The molecule has 1 heterocycles. The molecule has 0 fully saturated rings. The highest BCUT2D eigenvalue weighted by Gasteiger charge is 2.13. The Hall–Kier alpha value is -0.450. The quantitative estimate of drug-likeness (QED) is 0.738.